The molecule has 7 nitrogen and oxygen atoms in total. The molecule has 0 radical (unpaired) electrons. The number of hydrogen-bond donors (Lipinski definition) is 1. The molecular weight excluding hydrogens is 260 g/mol. The van der Waals surface area contributed by atoms with Gasteiger partial charge in [-0.3, -0.25) is 9.69 Å². The molecular formula is C13H20N4O3. The number of rotatable bonds is 4. The van der Waals surface area contributed by atoms with Gasteiger partial charge in [-0.25, -0.2) is 4.98 Å². The van der Waals surface area contributed by atoms with Crippen LogP contribution in [0.5, 0.6) is 5.88 Å². The largest absolute Gasteiger partial charge is 0.481 e. The number of methoxy groups -OCH3 is 1. The van der Waals surface area contributed by atoms with E-state index in [9.17, 15) is 4.79 Å². The minimum Gasteiger partial charge on any atom is -0.481 e. The van der Waals surface area contributed by atoms with E-state index in [1.807, 2.05) is 17.9 Å². The summed E-state index contributed by atoms with van der Waals surface area (Å²) in [5.41, 5.74) is 0. The molecule has 1 N–H and O–H groups in total. The highest BCUT2D eigenvalue weighted by Gasteiger charge is 2.25. The van der Waals surface area contributed by atoms with Crippen LogP contribution >= 0.6 is 0 Å². The van der Waals surface area contributed by atoms with Crippen LogP contribution in [0.1, 0.15) is 12.7 Å². The highest BCUT2D eigenvalue weighted by atomic mass is 16.5. The molecule has 1 aliphatic rings. The third-order valence-electron chi connectivity index (χ3n) is 3.55. The van der Waals surface area contributed by atoms with Crippen molar-refractivity contribution in [2.24, 2.45) is 0 Å². The maximum atomic E-state index is 11.0. The van der Waals surface area contributed by atoms with Gasteiger partial charge in [0.25, 0.3) is 0 Å². The van der Waals surface area contributed by atoms with E-state index in [-0.39, 0.29) is 0 Å². The second-order valence-electron chi connectivity index (χ2n) is 4.85. The van der Waals surface area contributed by atoms with Gasteiger partial charge in [0.2, 0.25) is 5.88 Å². The first kappa shape index (κ1) is 14.5. The van der Waals surface area contributed by atoms with Gasteiger partial charge >= 0.3 is 5.97 Å². The summed E-state index contributed by atoms with van der Waals surface area (Å²) in [6, 6.07) is 1.36. The second kappa shape index (κ2) is 6.04. The summed E-state index contributed by atoms with van der Waals surface area (Å²) in [4.78, 5) is 23.7. The Bertz CT molecular complexity index is 487. The molecule has 2 heterocycles. The number of ether oxygens (including phenoxy) is 1. The number of aryl methyl sites for hydroxylation is 1. The fourth-order valence-electron chi connectivity index (χ4n) is 2.29. The Balaban J connectivity index is 2.03. The zero-order valence-electron chi connectivity index (χ0n) is 12.0. The van der Waals surface area contributed by atoms with Crippen molar-refractivity contribution in [1.82, 2.24) is 14.9 Å². The number of hydrogen-bond acceptors (Lipinski definition) is 6. The van der Waals surface area contributed by atoms with Crippen LogP contribution < -0.4 is 9.64 Å². The lowest BCUT2D eigenvalue weighted by Gasteiger charge is -2.37. The summed E-state index contributed by atoms with van der Waals surface area (Å²) in [5.74, 6) is 1.27. The van der Waals surface area contributed by atoms with Gasteiger partial charge in [-0.1, -0.05) is 0 Å². The summed E-state index contributed by atoms with van der Waals surface area (Å²) in [7, 11) is 1.58. The lowest BCUT2D eigenvalue weighted by molar-refractivity contribution is -0.142. The van der Waals surface area contributed by atoms with Crippen molar-refractivity contribution in [2.45, 2.75) is 19.9 Å². The highest BCUT2D eigenvalue weighted by molar-refractivity contribution is 5.72. The molecule has 0 bridgehead atoms. The van der Waals surface area contributed by atoms with Gasteiger partial charge in [-0.05, 0) is 13.8 Å². The fraction of sp³-hybridized carbons (Fsp3) is 0.615. The van der Waals surface area contributed by atoms with E-state index in [4.69, 9.17) is 9.84 Å². The van der Waals surface area contributed by atoms with Gasteiger partial charge in [-0.15, -0.1) is 0 Å². The van der Waals surface area contributed by atoms with E-state index in [2.05, 4.69) is 14.9 Å². The van der Waals surface area contributed by atoms with Crippen LogP contribution in [0.2, 0.25) is 0 Å². The minimum absolute atomic E-state index is 0.446. The third kappa shape index (κ3) is 3.16. The van der Waals surface area contributed by atoms with Gasteiger partial charge in [0.05, 0.1) is 7.11 Å². The normalized spacial score (nSPS) is 17.9. The monoisotopic (exact) mass is 280 g/mol. The van der Waals surface area contributed by atoms with Crippen LogP contribution in [0.4, 0.5) is 5.82 Å². The summed E-state index contributed by atoms with van der Waals surface area (Å²) in [6.07, 6.45) is 0. The molecule has 1 aliphatic heterocycles. The summed E-state index contributed by atoms with van der Waals surface area (Å²) < 4.78 is 5.15. The molecule has 0 amide bonds. The summed E-state index contributed by atoms with van der Waals surface area (Å²) in [5, 5.41) is 9.03. The Hall–Kier alpha value is -1.89. The Morgan fingerprint density at radius 2 is 2.00 bits per heavy atom. The Labute approximate surface area is 118 Å². The van der Waals surface area contributed by atoms with Crippen molar-refractivity contribution in [3.8, 4) is 5.88 Å². The van der Waals surface area contributed by atoms with Gasteiger partial charge in [0, 0.05) is 32.2 Å². The molecule has 0 spiro atoms. The molecule has 0 aliphatic carbocycles. The summed E-state index contributed by atoms with van der Waals surface area (Å²) in [6.45, 7) is 6.46. The van der Waals surface area contributed by atoms with Gasteiger partial charge in [0.1, 0.15) is 17.7 Å². The molecule has 20 heavy (non-hydrogen) atoms. The van der Waals surface area contributed by atoms with E-state index >= 15 is 0 Å². The highest BCUT2D eigenvalue weighted by Crippen LogP contribution is 2.19. The Morgan fingerprint density at radius 1 is 1.35 bits per heavy atom. The zero-order chi connectivity index (χ0) is 14.7. The Kier molecular flexibility index (Phi) is 4.39. The second-order valence-corrected chi connectivity index (χ2v) is 4.85. The fourth-order valence-corrected chi connectivity index (χ4v) is 2.29. The topological polar surface area (TPSA) is 78.8 Å². The van der Waals surface area contributed by atoms with E-state index in [1.165, 1.54) is 0 Å². The van der Waals surface area contributed by atoms with Crippen molar-refractivity contribution < 1.29 is 14.6 Å². The molecule has 7 heteroatoms. The van der Waals surface area contributed by atoms with Crippen LogP contribution in [0.15, 0.2) is 6.07 Å². The smallest absolute Gasteiger partial charge is 0.320 e. The number of nitrogens with zero attached hydrogens (tertiary/aromatic N) is 4. The van der Waals surface area contributed by atoms with Gasteiger partial charge in [-0.2, -0.15) is 4.98 Å². The number of carboxylic acid groups (broad SMARTS) is 1. The predicted octanol–water partition coefficient (Wildman–Crippen LogP) is 0.389. The van der Waals surface area contributed by atoms with Crippen molar-refractivity contribution in [2.75, 3.05) is 38.2 Å². The summed E-state index contributed by atoms with van der Waals surface area (Å²) >= 11 is 0. The molecule has 1 aromatic heterocycles. The molecule has 110 valence electrons. The lowest BCUT2D eigenvalue weighted by Crippen LogP contribution is -2.52. The minimum atomic E-state index is -0.780. The number of piperazine rings is 1. The molecule has 1 saturated heterocycles. The molecule has 1 fully saturated rings. The van der Waals surface area contributed by atoms with Crippen molar-refractivity contribution >= 4 is 11.8 Å². The molecule has 2 rings (SSSR count). The quantitative estimate of drug-likeness (QED) is 0.854. The molecule has 1 unspecified atom stereocenters. The average Bonchev–Trinajstić information content (AvgIpc) is 2.45. The number of carboxylic acids is 1. The molecule has 0 aromatic carbocycles. The maximum absolute atomic E-state index is 11.0. The molecule has 0 saturated carbocycles. The first-order valence-electron chi connectivity index (χ1n) is 6.62. The molecule has 1 aromatic rings. The SMILES string of the molecule is COc1cc(N2CCN(C(C)C(=O)O)CC2)nc(C)n1. The van der Waals surface area contributed by atoms with Crippen molar-refractivity contribution in [3.63, 3.8) is 0 Å². The maximum Gasteiger partial charge on any atom is 0.320 e. The van der Waals surface area contributed by atoms with Crippen LogP contribution in [0.25, 0.3) is 0 Å². The average molecular weight is 280 g/mol. The van der Waals surface area contributed by atoms with E-state index in [1.54, 1.807) is 14.0 Å². The van der Waals surface area contributed by atoms with E-state index in [0.717, 1.165) is 18.9 Å². The predicted molar refractivity (Wildman–Crippen MR) is 74.2 cm³/mol. The number of anilines is 1. The third-order valence-corrected chi connectivity index (χ3v) is 3.55. The van der Waals surface area contributed by atoms with Gasteiger partial charge in [0.15, 0.2) is 0 Å². The van der Waals surface area contributed by atoms with Crippen LogP contribution in [-0.4, -0.2) is 65.3 Å². The Morgan fingerprint density at radius 3 is 2.55 bits per heavy atom. The van der Waals surface area contributed by atoms with Crippen LogP contribution in [-0.2, 0) is 4.79 Å². The van der Waals surface area contributed by atoms with Crippen molar-refractivity contribution in [3.05, 3.63) is 11.9 Å². The van der Waals surface area contributed by atoms with Gasteiger partial charge < -0.3 is 14.7 Å². The zero-order valence-corrected chi connectivity index (χ0v) is 12.0. The van der Waals surface area contributed by atoms with E-state index < -0.39 is 12.0 Å². The van der Waals surface area contributed by atoms with Crippen LogP contribution in [0, 0.1) is 6.92 Å². The van der Waals surface area contributed by atoms with E-state index in [0.29, 0.717) is 24.8 Å². The van der Waals surface area contributed by atoms with Crippen molar-refractivity contribution in [1.29, 1.82) is 0 Å². The number of carbonyl (C=O) groups is 1. The first-order valence-corrected chi connectivity index (χ1v) is 6.62. The molecule has 1 atom stereocenters. The number of aromatic nitrogens is 2. The lowest BCUT2D eigenvalue weighted by atomic mass is 10.2. The van der Waals surface area contributed by atoms with Crippen LogP contribution in [0.3, 0.4) is 0 Å². The standard InChI is InChI=1S/C13H20N4O3/c1-9(13(18)19)16-4-6-17(7-5-16)11-8-12(20-3)15-10(2)14-11/h8-9H,4-7H2,1-3H3,(H,18,19). The first-order chi connectivity index (χ1) is 9.51. The number of aliphatic carboxylic acids is 1.